The second-order valence-corrected chi connectivity index (χ2v) is 4.43. The third-order valence-electron chi connectivity index (χ3n) is 2.91. The van der Waals surface area contributed by atoms with Crippen LogP contribution in [-0.2, 0) is 0 Å². The van der Waals surface area contributed by atoms with Gasteiger partial charge in [0.25, 0.3) is 5.89 Å². The summed E-state index contributed by atoms with van der Waals surface area (Å²) in [5.41, 5.74) is 1.94. The number of rotatable bonds is 5. The van der Waals surface area contributed by atoms with Crippen molar-refractivity contribution in [3.05, 3.63) is 29.7 Å². The van der Waals surface area contributed by atoms with Crippen molar-refractivity contribution >= 4 is 0 Å². The van der Waals surface area contributed by atoms with Gasteiger partial charge in [0.15, 0.2) is 0 Å². The van der Waals surface area contributed by atoms with Gasteiger partial charge in [-0.05, 0) is 32.5 Å². The van der Waals surface area contributed by atoms with Gasteiger partial charge in [-0.2, -0.15) is 0 Å². The van der Waals surface area contributed by atoms with E-state index in [1.54, 1.807) is 7.11 Å². The zero-order valence-corrected chi connectivity index (χ0v) is 11.7. The van der Waals surface area contributed by atoms with E-state index in [1.807, 2.05) is 39.0 Å². The fourth-order valence-corrected chi connectivity index (χ4v) is 1.90. The molecule has 19 heavy (non-hydrogen) atoms. The first-order valence-corrected chi connectivity index (χ1v) is 6.37. The summed E-state index contributed by atoms with van der Waals surface area (Å²) in [5.74, 6) is 1.80. The predicted octanol–water partition coefficient (Wildman–Crippen LogP) is 2.72. The highest BCUT2D eigenvalue weighted by molar-refractivity contribution is 5.63. The summed E-state index contributed by atoms with van der Waals surface area (Å²) in [4.78, 5) is 0. The average Bonchev–Trinajstić information content (AvgIpc) is 2.88. The molecule has 1 heterocycles. The average molecular weight is 261 g/mol. The molecule has 2 rings (SSSR count). The van der Waals surface area contributed by atoms with Crippen LogP contribution in [0.4, 0.5) is 0 Å². The van der Waals surface area contributed by atoms with Gasteiger partial charge in [-0.25, -0.2) is 0 Å². The Morgan fingerprint density at radius 1 is 1.37 bits per heavy atom. The SMILES string of the molecule is CCNC(C)c1nnc(-c2cc(C)ccc2OC)o1. The van der Waals surface area contributed by atoms with Gasteiger partial charge in [-0.1, -0.05) is 18.6 Å². The Hall–Kier alpha value is -1.88. The molecule has 0 amide bonds. The lowest BCUT2D eigenvalue weighted by atomic mass is 10.1. The standard InChI is InChI=1S/C14H19N3O2/c1-5-15-10(3)13-16-17-14(19-13)11-8-9(2)6-7-12(11)18-4/h6-8,10,15H,5H2,1-4H3. The lowest BCUT2D eigenvalue weighted by molar-refractivity contribution is 0.408. The highest BCUT2D eigenvalue weighted by atomic mass is 16.5. The Morgan fingerprint density at radius 3 is 2.84 bits per heavy atom. The van der Waals surface area contributed by atoms with Crippen molar-refractivity contribution in [3.8, 4) is 17.2 Å². The van der Waals surface area contributed by atoms with Crippen molar-refractivity contribution in [2.24, 2.45) is 0 Å². The molecule has 1 N–H and O–H groups in total. The molecular weight excluding hydrogens is 242 g/mol. The van der Waals surface area contributed by atoms with Crippen molar-refractivity contribution in [2.75, 3.05) is 13.7 Å². The van der Waals surface area contributed by atoms with E-state index in [-0.39, 0.29) is 6.04 Å². The maximum absolute atomic E-state index is 5.72. The molecule has 5 heteroatoms. The first kappa shape index (κ1) is 13.5. The summed E-state index contributed by atoms with van der Waals surface area (Å²) in [6.07, 6.45) is 0. The Labute approximate surface area is 113 Å². The fraction of sp³-hybridized carbons (Fsp3) is 0.429. The van der Waals surface area contributed by atoms with Crippen LogP contribution in [-0.4, -0.2) is 23.9 Å². The molecule has 0 saturated carbocycles. The molecule has 1 unspecified atom stereocenters. The summed E-state index contributed by atoms with van der Waals surface area (Å²) in [7, 11) is 1.63. The van der Waals surface area contributed by atoms with Crippen molar-refractivity contribution in [3.63, 3.8) is 0 Å². The molecule has 1 aromatic heterocycles. The van der Waals surface area contributed by atoms with Gasteiger partial charge in [0.05, 0.1) is 18.7 Å². The molecule has 0 aliphatic heterocycles. The minimum Gasteiger partial charge on any atom is -0.496 e. The molecule has 0 bridgehead atoms. The summed E-state index contributed by atoms with van der Waals surface area (Å²) in [6.45, 7) is 6.90. The van der Waals surface area contributed by atoms with Crippen molar-refractivity contribution < 1.29 is 9.15 Å². The number of ether oxygens (including phenoxy) is 1. The fourth-order valence-electron chi connectivity index (χ4n) is 1.90. The molecule has 0 aliphatic rings. The molecule has 1 atom stereocenters. The third kappa shape index (κ3) is 2.93. The summed E-state index contributed by atoms with van der Waals surface area (Å²) in [5, 5.41) is 11.4. The Kier molecular flexibility index (Phi) is 4.16. The molecular formula is C14H19N3O2. The van der Waals surface area contributed by atoms with E-state index in [4.69, 9.17) is 9.15 Å². The van der Waals surface area contributed by atoms with Crippen molar-refractivity contribution in [1.29, 1.82) is 0 Å². The summed E-state index contributed by atoms with van der Waals surface area (Å²) >= 11 is 0. The van der Waals surface area contributed by atoms with Crippen LogP contribution in [0.2, 0.25) is 0 Å². The number of hydrogen-bond donors (Lipinski definition) is 1. The van der Waals surface area contributed by atoms with Crippen molar-refractivity contribution in [1.82, 2.24) is 15.5 Å². The van der Waals surface area contributed by atoms with Crippen LogP contribution in [0.5, 0.6) is 5.75 Å². The molecule has 0 spiro atoms. The highest BCUT2D eigenvalue weighted by Crippen LogP contribution is 2.30. The number of benzene rings is 1. The smallest absolute Gasteiger partial charge is 0.251 e. The number of nitrogens with one attached hydrogen (secondary N) is 1. The second kappa shape index (κ2) is 5.84. The van der Waals surface area contributed by atoms with Crippen LogP contribution in [0, 0.1) is 6.92 Å². The Bertz CT molecular complexity index is 551. The van der Waals surface area contributed by atoms with Crippen LogP contribution in [0.25, 0.3) is 11.5 Å². The quantitative estimate of drug-likeness (QED) is 0.896. The predicted molar refractivity (Wildman–Crippen MR) is 73.1 cm³/mol. The monoisotopic (exact) mass is 261 g/mol. The number of aromatic nitrogens is 2. The molecule has 1 aromatic carbocycles. The van der Waals surface area contributed by atoms with Crippen LogP contribution < -0.4 is 10.1 Å². The zero-order chi connectivity index (χ0) is 13.8. The number of methoxy groups -OCH3 is 1. The molecule has 0 aliphatic carbocycles. The minimum atomic E-state index is 0.0436. The maximum Gasteiger partial charge on any atom is 0.251 e. The number of hydrogen-bond acceptors (Lipinski definition) is 5. The number of nitrogens with zero attached hydrogens (tertiary/aromatic N) is 2. The van der Waals surface area contributed by atoms with Gasteiger partial charge >= 0.3 is 0 Å². The largest absolute Gasteiger partial charge is 0.496 e. The molecule has 0 saturated heterocycles. The third-order valence-corrected chi connectivity index (χ3v) is 2.91. The van der Waals surface area contributed by atoms with E-state index in [1.165, 1.54) is 0 Å². The van der Waals surface area contributed by atoms with Crippen molar-refractivity contribution in [2.45, 2.75) is 26.8 Å². The van der Waals surface area contributed by atoms with Gasteiger partial charge in [-0.3, -0.25) is 0 Å². The summed E-state index contributed by atoms with van der Waals surface area (Å²) in [6, 6.07) is 5.92. The molecule has 0 fully saturated rings. The van der Waals surface area contributed by atoms with E-state index >= 15 is 0 Å². The van der Waals surface area contributed by atoms with Gasteiger partial charge in [-0.15, -0.1) is 10.2 Å². The molecule has 102 valence electrons. The van der Waals surface area contributed by atoms with E-state index in [0.29, 0.717) is 11.8 Å². The number of aryl methyl sites for hydroxylation is 1. The van der Waals surface area contributed by atoms with E-state index in [9.17, 15) is 0 Å². The Morgan fingerprint density at radius 2 is 2.16 bits per heavy atom. The minimum absolute atomic E-state index is 0.0436. The normalized spacial score (nSPS) is 12.4. The summed E-state index contributed by atoms with van der Waals surface area (Å²) < 4.78 is 11.0. The first-order valence-electron chi connectivity index (χ1n) is 6.37. The van der Waals surface area contributed by atoms with Gasteiger partial charge < -0.3 is 14.5 Å². The van der Waals surface area contributed by atoms with E-state index < -0.39 is 0 Å². The lowest BCUT2D eigenvalue weighted by Gasteiger charge is -2.07. The molecule has 2 aromatic rings. The van der Waals surface area contributed by atoms with Gasteiger partial charge in [0.1, 0.15) is 5.75 Å². The van der Waals surface area contributed by atoms with Crippen LogP contribution in [0.1, 0.15) is 31.3 Å². The lowest BCUT2D eigenvalue weighted by Crippen LogP contribution is -2.17. The second-order valence-electron chi connectivity index (χ2n) is 4.43. The van der Waals surface area contributed by atoms with Gasteiger partial charge in [0, 0.05) is 0 Å². The highest BCUT2D eigenvalue weighted by Gasteiger charge is 2.16. The Balaban J connectivity index is 2.34. The topological polar surface area (TPSA) is 60.2 Å². The van der Waals surface area contributed by atoms with Crippen LogP contribution in [0.15, 0.2) is 22.6 Å². The van der Waals surface area contributed by atoms with E-state index in [0.717, 1.165) is 23.4 Å². The van der Waals surface area contributed by atoms with Crippen LogP contribution >= 0.6 is 0 Å². The van der Waals surface area contributed by atoms with Gasteiger partial charge in [0.2, 0.25) is 5.89 Å². The van der Waals surface area contributed by atoms with E-state index in [2.05, 4.69) is 15.5 Å². The molecule has 5 nitrogen and oxygen atoms in total. The zero-order valence-electron chi connectivity index (χ0n) is 11.7. The maximum atomic E-state index is 5.72. The first-order chi connectivity index (χ1) is 9.15. The van der Waals surface area contributed by atoms with Crippen LogP contribution in [0.3, 0.4) is 0 Å². The molecule has 0 radical (unpaired) electrons.